The first kappa shape index (κ1) is 21.0. The number of aryl methyl sites for hydroxylation is 1. The van der Waals surface area contributed by atoms with Crippen molar-refractivity contribution in [1.29, 1.82) is 10.8 Å². The van der Waals surface area contributed by atoms with E-state index in [1.165, 1.54) is 5.56 Å². The number of isocyanates is 2. The Balaban J connectivity index is 0.000000351. The summed E-state index contributed by atoms with van der Waals surface area (Å²) in [6, 6.07) is 20.1. The summed E-state index contributed by atoms with van der Waals surface area (Å²) < 4.78 is 10.4. The second-order valence-electron chi connectivity index (χ2n) is 4.44. The minimum atomic E-state index is 0.343. The predicted octanol–water partition coefficient (Wildman–Crippen LogP) is 3.26. The van der Waals surface area contributed by atoms with Gasteiger partial charge in [-0.3, -0.25) is 0 Å². The molecule has 1 aliphatic rings. The Labute approximate surface area is 141 Å². The van der Waals surface area contributed by atoms with Crippen molar-refractivity contribution in [3.63, 3.8) is 0 Å². The van der Waals surface area contributed by atoms with Gasteiger partial charge in [0.05, 0.1) is 6.61 Å². The minimum Gasteiger partial charge on any atom is -0.491 e. The molecule has 0 aromatic heterocycles. The van der Waals surface area contributed by atoms with Crippen LogP contribution in [0.4, 0.5) is 0 Å². The molecule has 1 fully saturated rings. The zero-order valence-electron chi connectivity index (χ0n) is 13.4. The van der Waals surface area contributed by atoms with Crippen LogP contribution in [0, 0.1) is 17.7 Å². The van der Waals surface area contributed by atoms with E-state index >= 15 is 0 Å². The number of epoxide rings is 1. The number of hydrogen-bond donors (Lipinski definition) is 2. The molecule has 0 bridgehead atoms. The van der Waals surface area contributed by atoms with Crippen LogP contribution < -0.4 is 4.74 Å². The fourth-order valence-corrected chi connectivity index (χ4v) is 1.40. The van der Waals surface area contributed by atoms with Gasteiger partial charge in [-0.25, -0.2) is 20.4 Å². The Morgan fingerprint density at radius 1 is 1.00 bits per heavy atom. The lowest BCUT2D eigenvalue weighted by Crippen LogP contribution is -2.03. The average molecular weight is 328 g/mol. The van der Waals surface area contributed by atoms with Gasteiger partial charge < -0.3 is 9.47 Å². The summed E-state index contributed by atoms with van der Waals surface area (Å²) in [6.45, 7) is 3.62. The van der Waals surface area contributed by atoms with Crippen molar-refractivity contribution >= 4 is 12.2 Å². The van der Waals surface area contributed by atoms with E-state index in [-0.39, 0.29) is 0 Å². The lowest BCUT2D eigenvalue weighted by Gasteiger charge is -2.01. The van der Waals surface area contributed by atoms with Crippen molar-refractivity contribution < 1.29 is 19.1 Å². The molecule has 3 rings (SSSR count). The molecule has 6 nitrogen and oxygen atoms in total. The maximum absolute atomic E-state index is 8.35. The second kappa shape index (κ2) is 14.9. The van der Waals surface area contributed by atoms with Crippen molar-refractivity contribution in [2.24, 2.45) is 0 Å². The van der Waals surface area contributed by atoms with Crippen molar-refractivity contribution in [2.75, 3.05) is 13.2 Å². The third-order valence-electron chi connectivity index (χ3n) is 2.52. The van der Waals surface area contributed by atoms with Gasteiger partial charge in [-0.15, -0.1) is 0 Å². The molecule has 2 aromatic carbocycles. The summed E-state index contributed by atoms with van der Waals surface area (Å²) in [5.74, 6) is 0.919. The molecule has 0 amide bonds. The summed E-state index contributed by atoms with van der Waals surface area (Å²) in [4.78, 5) is 16.7. The van der Waals surface area contributed by atoms with Crippen molar-refractivity contribution in [1.82, 2.24) is 0 Å². The van der Waals surface area contributed by atoms with E-state index in [4.69, 9.17) is 29.9 Å². The second-order valence-corrected chi connectivity index (χ2v) is 4.44. The average Bonchev–Trinajstić information content (AvgIpc) is 3.41. The van der Waals surface area contributed by atoms with E-state index in [2.05, 4.69) is 19.1 Å². The van der Waals surface area contributed by atoms with Gasteiger partial charge in [0, 0.05) is 0 Å². The molecule has 0 aliphatic carbocycles. The van der Waals surface area contributed by atoms with Gasteiger partial charge in [0.15, 0.2) is 0 Å². The van der Waals surface area contributed by atoms with Crippen LogP contribution in [0.3, 0.4) is 0 Å². The first-order valence-corrected chi connectivity index (χ1v) is 7.06. The van der Waals surface area contributed by atoms with Crippen molar-refractivity contribution in [3.05, 3.63) is 66.2 Å². The van der Waals surface area contributed by atoms with Gasteiger partial charge in [0.1, 0.15) is 18.5 Å². The molecule has 6 heteroatoms. The highest BCUT2D eigenvalue weighted by atomic mass is 16.6. The van der Waals surface area contributed by atoms with E-state index in [1.807, 2.05) is 48.5 Å². The molecule has 126 valence electrons. The van der Waals surface area contributed by atoms with Gasteiger partial charge in [0.25, 0.3) is 0 Å². The van der Waals surface area contributed by atoms with E-state index < -0.39 is 0 Å². The summed E-state index contributed by atoms with van der Waals surface area (Å²) in [6.07, 6.45) is 1.84. The van der Waals surface area contributed by atoms with Crippen molar-refractivity contribution in [2.45, 2.75) is 13.0 Å². The summed E-state index contributed by atoms with van der Waals surface area (Å²) >= 11 is 0. The predicted molar refractivity (Wildman–Crippen MR) is 89.7 cm³/mol. The van der Waals surface area contributed by atoms with Gasteiger partial charge in [-0.2, -0.15) is 0 Å². The number of rotatable bonds is 3. The zero-order chi connectivity index (χ0) is 18.0. The van der Waals surface area contributed by atoms with Crippen molar-refractivity contribution in [3.8, 4) is 5.75 Å². The number of para-hydroxylation sites is 1. The van der Waals surface area contributed by atoms with Gasteiger partial charge in [-0.1, -0.05) is 54.1 Å². The van der Waals surface area contributed by atoms with Crippen LogP contribution >= 0.6 is 0 Å². The monoisotopic (exact) mass is 328 g/mol. The van der Waals surface area contributed by atoms with Crippen LogP contribution in [0.25, 0.3) is 0 Å². The van der Waals surface area contributed by atoms with E-state index in [0.29, 0.717) is 12.7 Å². The van der Waals surface area contributed by atoms with Crippen LogP contribution in [0.15, 0.2) is 60.7 Å². The summed E-state index contributed by atoms with van der Waals surface area (Å²) in [5.41, 5.74) is 1.32. The third kappa shape index (κ3) is 13.9. The summed E-state index contributed by atoms with van der Waals surface area (Å²) in [5, 5.41) is 10.8. The molecule has 1 saturated heterocycles. The zero-order valence-corrected chi connectivity index (χ0v) is 13.4. The fraction of sp³-hybridized carbons (Fsp3) is 0.222. The molecule has 0 spiro atoms. The van der Waals surface area contributed by atoms with E-state index in [0.717, 1.165) is 24.5 Å². The topological polar surface area (TPSA) is 104 Å². The quantitative estimate of drug-likeness (QED) is 0.512. The highest BCUT2D eigenvalue weighted by Crippen LogP contribution is 2.13. The molecule has 1 unspecified atom stereocenters. The normalized spacial score (nSPS) is 13.0. The van der Waals surface area contributed by atoms with E-state index in [1.54, 1.807) is 0 Å². The maximum Gasteiger partial charge on any atom is 0.231 e. The fourth-order valence-electron chi connectivity index (χ4n) is 1.40. The van der Waals surface area contributed by atoms with Crippen LogP contribution in [0.1, 0.15) is 5.56 Å². The Kier molecular flexibility index (Phi) is 13.0. The largest absolute Gasteiger partial charge is 0.491 e. The molecule has 1 aliphatic heterocycles. The molecule has 24 heavy (non-hydrogen) atoms. The Morgan fingerprint density at radius 3 is 1.75 bits per heavy atom. The number of benzene rings is 2. The Morgan fingerprint density at radius 2 is 1.42 bits per heavy atom. The first-order chi connectivity index (χ1) is 11.7. The van der Waals surface area contributed by atoms with E-state index in [9.17, 15) is 0 Å². The highest BCUT2D eigenvalue weighted by Gasteiger charge is 2.22. The highest BCUT2D eigenvalue weighted by molar-refractivity contribution is 5.26. The van der Waals surface area contributed by atoms with Crippen LogP contribution in [-0.2, 0) is 14.3 Å². The molecular formula is C18H20N2O4. The molecule has 1 atom stereocenters. The Hall–Kier alpha value is -3.04. The smallest absolute Gasteiger partial charge is 0.231 e. The van der Waals surface area contributed by atoms with Gasteiger partial charge in [-0.05, 0) is 19.1 Å². The molecule has 2 aromatic rings. The summed E-state index contributed by atoms with van der Waals surface area (Å²) in [7, 11) is 0. The Bertz CT molecular complexity index is 589. The molecule has 1 heterocycles. The lowest BCUT2D eigenvalue weighted by molar-refractivity contribution is 0.263. The third-order valence-corrected chi connectivity index (χ3v) is 2.52. The van der Waals surface area contributed by atoms with Crippen LogP contribution in [-0.4, -0.2) is 31.5 Å². The minimum absolute atomic E-state index is 0.343. The molecule has 0 saturated carbocycles. The number of ether oxygens (including phenoxy) is 2. The molecule has 2 N–H and O–H groups in total. The number of hydrogen-bond acceptors (Lipinski definition) is 6. The van der Waals surface area contributed by atoms with Gasteiger partial charge >= 0.3 is 0 Å². The number of carbonyl (C=O) groups excluding carboxylic acids is 2. The van der Waals surface area contributed by atoms with Crippen LogP contribution in [0.2, 0.25) is 0 Å². The first-order valence-electron chi connectivity index (χ1n) is 7.06. The standard InChI is InChI=1S/C9H10O2.C7H8.2CHNO/c1-2-4-8(5-3-1)10-6-9-7-11-9;1-7-5-3-2-4-6-7;2*2-1-3/h1-5,9H,6-7H2;2-6H,1H3;2*2H. The molecule has 0 radical (unpaired) electrons. The molecular weight excluding hydrogens is 308 g/mol. The SMILES string of the molecule is Cc1ccccc1.N=C=O.N=C=O.c1ccc(OCC2CO2)cc1. The maximum atomic E-state index is 8.35. The van der Waals surface area contributed by atoms with Crippen LogP contribution in [0.5, 0.6) is 5.75 Å². The number of nitrogens with one attached hydrogen (secondary N) is 2. The lowest BCUT2D eigenvalue weighted by atomic mass is 10.2. The van der Waals surface area contributed by atoms with Gasteiger partial charge in [0.2, 0.25) is 12.2 Å².